The number of piperazine rings is 1. The number of hydrogen-bond acceptors (Lipinski definition) is 4. The van der Waals surface area contributed by atoms with Crippen molar-refractivity contribution in [3.05, 3.63) is 28.8 Å². The van der Waals surface area contributed by atoms with Crippen molar-refractivity contribution in [2.45, 2.75) is 52.0 Å². The third kappa shape index (κ3) is 4.84. The third-order valence-corrected chi connectivity index (χ3v) is 7.13. The van der Waals surface area contributed by atoms with Crippen LogP contribution < -0.4 is 5.32 Å². The first-order chi connectivity index (χ1) is 12.1. The molecule has 1 heterocycles. The van der Waals surface area contributed by atoms with Gasteiger partial charge in [-0.2, -0.15) is 4.31 Å². The van der Waals surface area contributed by atoms with E-state index in [-0.39, 0.29) is 11.9 Å². The number of carbonyl (C=O) groups excluding carboxylic acids is 1. The van der Waals surface area contributed by atoms with Gasteiger partial charge < -0.3 is 5.32 Å². The fourth-order valence-corrected chi connectivity index (χ4v) is 5.29. The molecule has 1 aliphatic heterocycles. The molecule has 0 spiro atoms. The summed E-state index contributed by atoms with van der Waals surface area (Å²) in [5.41, 5.74) is 2.65. The Morgan fingerprint density at radius 1 is 1.12 bits per heavy atom. The van der Waals surface area contributed by atoms with Gasteiger partial charge in [0.25, 0.3) is 0 Å². The van der Waals surface area contributed by atoms with Crippen LogP contribution in [0.5, 0.6) is 0 Å². The lowest BCUT2D eigenvalue weighted by Gasteiger charge is -2.34. The summed E-state index contributed by atoms with van der Waals surface area (Å²) in [7, 11) is -3.51. The minimum Gasteiger partial charge on any atom is -0.353 e. The Labute approximate surface area is 157 Å². The fourth-order valence-electron chi connectivity index (χ4n) is 3.46. The molecule has 0 radical (unpaired) electrons. The number of rotatable bonds is 6. The molecule has 0 aromatic heterocycles. The second kappa shape index (κ2) is 8.50. The van der Waals surface area contributed by atoms with Crippen LogP contribution in [0.3, 0.4) is 0 Å². The maximum Gasteiger partial charge on any atom is 0.243 e. The molecule has 1 saturated heterocycles. The molecule has 1 atom stereocenters. The topological polar surface area (TPSA) is 69.7 Å². The molecule has 0 saturated carbocycles. The van der Waals surface area contributed by atoms with Crippen LogP contribution in [-0.4, -0.2) is 62.3 Å². The van der Waals surface area contributed by atoms with Crippen LogP contribution >= 0.6 is 0 Å². The van der Waals surface area contributed by atoms with Crippen molar-refractivity contribution in [3.8, 4) is 0 Å². The van der Waals surface area contributed by atoms with Crippen molar-refractivity contribution in [1.82, 2.24) is 14.5 Å². The number of hydrogen-bond donors (Lipinski definition) is 1. The number of benzene rings is 1. The highest BCUT2D eigenvalue weighted by Gasteiger charge is 2.31. The van der Waals surface area contributed by atoms with Gasteiger partial charge in [-0.1, -0.05) is 24.6 Å². The van der Waals surface area contributed by atoms with Crippen molar-refractivity contribution in [2.75, 3.05) is 32.7 Å². The van der Waals surface area contributed by atoms with Crippen LogP contribution in [0.1, 0.15) is 37.0 Å². The highest BCUT2D eigenvalue weighted by molar-refractivity contribution is 7.89. The molecule has 0 unspecified atom stereocenters. The van der Waals surface area contributed by atoms with Gasteiger partial charge in [-0.05, 0) is 45.2 Å². The van der Waals surface area contributed by atoms with E-state index in [0.29, 0.717) is 37.6 Å². The van der Waals surface area contributed by atoms with E-state index in [4.69, 9.17) is 0 Å². The number of amides is 1. The highest BCUT2D eigenvalue weighted by atomic mass is 32.2. The zero-order valence-corrected chi connectivity index (χ0v) is 17.3. The van der Waals surface area contributed by atoms with Crippen molar-refractivity contribution in [3.63, 3.8) is 0 Å². The van der Waals surface area contributed by atoms with E-state index in [9.17, 15) is 13.2 Å². The quantitative estimate of drug-likeness (QED) is 0.816. The van der Waals surface area contributed by atoms with Crippen molar-refractivity contribution >= 4 is 15.9 Å². The van der Waals surface area contributed by atoms with Gasteiger partial charge in [0, 0.05) is 32.2 Å². The Kier molecular flexibility index (Phi) is 6.82. The molecule has 1 N–H and O–H groups in total. The minimum absolute atomic E-state index is 0.000815. The van der Waals surface area contributed by atoms with Gasteiger partial charge in [-0.3, -0.25) is 9.69 Å². The summed E-state index contributed by atoms with van der Waals surface area (Å²) in [5.74, 6) is 0.000815. The van der Waals surface area contributed by atoms with Crippen molar-refractivity contribution in [2.24, 2.45) is 0 Å². The van der Waals surface area contributed by atoms with E-state index in [1.165, 1.54) is 0 Å². The molecule has 1 fully saturated rings. The van der Waals surface area contributed by atoms with Crippen LogP contribution in [0.25, 0.3) is 0 Å². The maximum absolute atomic E-state index is 13.1. The van der Waals surface area contributed by atoms with E-state index in [1.54, 1.807) is 4.31 Å². The predicted octanol–water partition coefficient (Wildman–Crippen LogP) is 1.83. The van der Waals surface area contributed by atoms with Gasteiger partial charge in [-0.25, -0.2) is 8.42 Å². The van der Waals surface area contributed by atoms with Crippen LogP contribution in [0.15, 0.2) is 17.0 Å². The van der Waals surface area contributed by atoms with Crippen LogP contribution in [0, 0.1) is 20.8 Å². The normalized spacial score (nSPS) is 17.9. The number of carbonyl (C=O) groups is 1. The van der Waals surface area contributed by atoms with Crippen LogP contribution in [0.4, 0.5) is 0 Å². The smallest absolute Gasteiger partial charge is 0.243 e. The molecule has 26 heavy (non-hydrogen) atoms. The minimum atomic E-state index is -3.51. The zero-order chi connectivity index (χ0) is 19.5. The van der Waals surface area contributed by atoms with Crippen LogP contribution in [-0.2, 0) is 14.8 Å². The van der Waals surface area contributed by atoms with E-state index in [2.05, 4.69) is 5.32 Å². The Morgan fingerprint density at radius 3 is 2.15 bits per heavy atom. The Morgan fingerprint density at radius 2 is 1.65 bits per heavy atom. The summed E-state index contributed by atoms with van der Waals surface area (Å²) in [6, 6.07) is 3.99. The van der Waals surface area contributed by atoms with Crippen molar-refractivity contribution < 1.29 is 13.2 Å². The molecule has 2 rings (SSSR count). The summed E-state index contributed by atoms with van der Waals surface area (Å²) in [5, 5.41) is 2.95. The molecular formula is C19H31N3O3S. The summed E-state index contributed by atoms with van der Waals surface area (Å²) in [4.78, 5) is 14.5. The number of nitrogens with zero attached hydrogens (tertiary/aromatic N) is 2. The first-order valence-corrected chi connectivity index (χ1v) is 10.7. The lowest BCUT2D eigenvalue weighted by Crippen LogP contribution is -2.51. The average molecular weight is 382 g/mol. The third-order valence-electron chi connectivity index (χ3n) is 4.92. The van der Waals surface area contributed by atoms with Gasteiger partial charge in [0.05, 0.1) is 11.4 Å². The van der Waals surface area contributed by atoms with E-state index < -0.39 is 10.0 Å². The maximum atomic E-state index is 13.1. The summed E-state index contributed by atoms with van der Waals surface area (Å²) < 4.78 is 27.7. The Bertz CT molecular complexity index is 730. The average Bonchev–Trinajstić information content (AvgIpc) is 2.53. The van der Waals surface area contributed by atoms with Gasteiger partial charge >= 0.3 is 0 Å². The molecule has 1 aliphatic rings. The summed E-state index contributed by atoms with van der Waals surface area (Å²) in [6.45, 7) is 12.0. The molecular weight excluding hydrogens is 350 g/mol. The molecule has 0 aliphatic carbocycles. The largest absolute Gasteiger partial charge is 0.353 e. The molecule has 146 valence electrons. The lowest BCUT2D eigenvalue weighted by atomic mass is 10.1. The second-order valence-electron chi connectivity index (χ2n) is 7.28. The van der Waals surface area contributed by atoms with Gasteiger partial charge in [0.1, 0.15) is 0 Å². The van der Waals surface area contributed by atoms with Gasteiger partial charge in [0.2, 0.25) is 15.9 Å². The van der Waals surface area contributed by atoms with Crippen molar-refractivity contribution in [1.29, 1.82) is 0 Å². The van der Waals surface area contributed by atoms with E-state index in [1.807, 2.05) is 51.7 Å². The first kappa shape index (κ1) is 20.9. The second-order valence-corrected chi connectivity index (χ2v) is 9.16. The molecule has 6 nitrogen and oxygen atoms in total. The summed E-state index contributed by atoms with van der Waals surface area (Å²) in [6.07, 6.45) is 0.896. The first-order valence-electron chi connectivity index (χ1n) is 9.24. The summed E-state index contributed by atoms with van der Waals surface area (Å²) >= 11 is 0. The monoisotopic (exact) mass is 381 g/mol. The zero-order valence-electron chi connectivity index (χ0n) is 16.5. The molecule has 1 amide bonds. The molecule has 1 aromatic carbocycles. The van der Waals surface area contributed by atoms with Gasteiger partial charge in [-0.15, -0.1) is 0 Å². The van der Waals surface area contributed by atoms with Gasteiger partial charge in [0.15, 0.2) is 0 Å². The van der Waals surface area contributed by atoms with E-state index >= 15 is 0 Å². The Balaban J connectivity index is 2.02. The fraction of sp³-hybridized carbons (Fsp3) is 0.632. The molecule has 7 heteroatoms. The lowest BCUT2D eigenvalue weighted by molar-refractivity contribution is -0.123. The SMILES string of the molecule is CC[C@H](C)NC(=O)CN1CCN(S(=O)(=O)c2c(C)cc(C)cc2C)CC1. The molecule has 0 bridgehead atoms. The van der Waals surface area contributed by atoms with Crippen LogP contribution in [0.2, 0.25) is 0 Å². The Hall–Kier alpha value is -1.44. The molecule has 1 aromatic rings. The standard InChI is InChI=1S/C19H31N3O3S/c1-6-17(5)20-18(23)13-21-7-9-22(10-8-21)26(24,25)19-15(3)11-14(2)12-16(19)4/h11-12,17H,6-10,13H2,1-5H3,(H,20,23)/t17-/m0/s1. The highest BCUT2D eigenvalue weighted by Crippen LogP contribution is 2.26. The van der Waals surface area contributed by atoms with E-state index in [0.717, 1.165) is 23.1 Å². The number of sulfonamides is 1. The number of aryl methyl sites for hydroxylation is 3. The predicted molar refractivity (Wildman–Crippen MR) is 104 cm³/mol. The number of nitrogens with one attached hydrogen (secondary N) is 1.